The maximum Gasteiger partial charge on any atom is 0.226 e. The average Bonchev–Trinajstić information content (AvgIpc) is 2.99. The van der Waals surface area contributed by atoms with Crippen LogP contribution in [0.25, 0.3) is 10.8 Å². The van der Waals surface area contributed by atoms with Crippen molar-refractivity contribution in [2.75, 3.05) is 24.4 Å². The highest BCUT2D eigenvalue weighted by Crippen LogP contribution is 2.45. The fraction of sp³-hybridized carbons (Fsp3) is 0.368. The van der Waals surface area contributed by atoms with E-state index >= 15 is 0 Å². The molecule has 5 nitrogen and oxygen atoms in total. The van der Waals surface area contributed by atoms with Crippen LogP contribution in [0.3, 0.4) is 0 Å². The van der Waals surface area contributed by atoms with E-state index in [1.54, 1.807) is 18.0 Å². The van der Waals surface area contributed by atoms with Crippen molar-refractivity contribution >= 4 is 39.9 Å². The molecule has 0 saturated heterocycles. The van der Waals surface area contributed by atoms with Gasteiger partial charge in [-0.3, -0.25) is 9.59 Å². The minimum atomic E-state index is -0.0761. The van der Waals surface area contributed by atoms with Gasteiger partial charge < -0.3 is 15.3 Å². The molecule has 0 spiro atoms. The van der Waals surface area contributed by atoms with Crippen LogP contribution in [0.4, 0.5) is 5.69 Å². The minimum absolute atomic E-state index is 0.00511. The number of phenolic OH excluding ortho intramolecular Hbond substituents is 1. The monoisotopic (exact) mass is 360 g/mol. The molecular formula is C19H21ClN2O3. The minimum Gasteiger partial charge on any atom is -0.507 e. The van der Waals surface area contributed by atoms with E-state index in [2.05, 4.69) is 5.32 Å². The highest BCUT2D eigenvalue weighted by atomic mass is 35.5. The van der Waals surface area contributed by atoms with Gasteiger partial charge in [0.2, 0.25) is 11.8 Å². The van der Waals surface area contributed by atoms with Crippen LogP contribution in [-0.4, -0.2) is 36.4 Å². The van der Waals surface area contributed by atoms with E-state index in [0.717, 1.165) is 22.2 Å². The molecule has 0 bridgehead atoms. The van der Waals surface area contributed by atoms with Crippen molar-refractivity contribution in [2.24, 2.45) is 0 Å². The van der Waals surface area contributed by atoms with Crippen molar-refractivity contribution in [2.45, 2.75) is 25.7 Å². The lowest BCUT2D eigenvalue weighted by Crippen LogP contribution is -2.29. The number of benzene rings is 2. The van der Waals surface area contributed by atoms with Gasteiger partial charge in [-0.15, -0.1) is 11.6 Å². The number of halogens is 1. The lowest BCUT2D eigenvalue weighted by atomic mass is 9.93. The SMILES string of the molecule is CCC(=O)N1CC(CCl)c2c1cc(O)c1ccc(CC(=O)NC)cc21. The second-order valence-corrected chi connectivity index (χ2v) is 6.58. The van der Waals surface area contributed by atoms with Gasteiger partial charge in [0.05, 0.1) is 12.1 Å². The molecule has 0 fully saturated rings. The topological polar surface area (TPSA) is 69.6 Å². The summed E-state index contributed by atoms with van der Waals surface area (Å²) in [4.78, 5) is 25.7. The normalized spacial score (nSPS) is 16.1. The van der Waals surface area contributed by atoms with Crippen LogP contribution in [0.5, 0.6) is 5.75 Å². The zero-order chi connectivity index (χ0) is 18.1. The molecule has 132 valence electrons. The number of aromatic hydroxyl groups is 1. The third-order valence-corrected chi connectivity index (χ3v) is 5.11. The Morgan fingerprint density at radius 1 is 1.32 bits per heavy atom. The molecule has 1 heterocycles. The Morgan fingerprint density at radius 2 is 2.08 bits per heavy atom. The van der Waals surface area contributed by atoms with E-state index < -0.39 is 0 Å². The van der Waals surface area contributed by atoms with Gasteiger partial charge in [-0.25, -0.2) is 0 Å². The first-order chi connectivity index (χ1) is 12.0. The van der Waals surface area contributed by atoms with Crippen LogP contribution in [0, 0.1) is 0 Å². The number of carbonyl (C=O) groups is 2. The third kappa shape index (κ3) is 3.04. The standard InChI is InChI=1S/C19H21ClN2O3/c1-3-18(25)22-10-12(9-20)19-14-6-11(7-17(24)21-2)4-5-13(14)16(23)8-15(19)22/h4-6,8,12,23H,3,7,9-10H2,1-2H3,(H,21,24). The summed E-state index contributed by atoms with van der Waals surface area (Å²) in [6.45, 7) is 2.34. The van der Waals surface area contributed by atoms with E-state index in [-0.39, 0.29) is 29.9 Å². The lowest BCUT2D eigenvalue weighted by Gasteiger charge is -2.17. The molecular weight excluding hydrogens is 340 g/mol. The van der Waals surface area contributed by atoms with Crippen LogP contribution in [0.15, 0.2) is 24.3 Å². The van der Waals surface area contributed by atoms with Gasteiger partial charge in [0.15, 0.2) is 0 Å². The van der Waals surface area contributed by atoms with Gasteiger partial charge in [0.1, 0.15) is 5.75 Å². The van der Waals surface area contributed by atoms with Crippen molar-refractivity contribution in [1.29, 1.82) is 0 Å². The number of rotatable bonds is 4. The van der Waals surface area contributed by atoms with Gasteiger partial charge in [0, 0.05) is 43.3 Å². The molecule has 2 amide bonds. The van der Waals surface area contributed by atoms with E-state index in [9.17, 15) is 14.7 Å². The Morgan fingerprint density at radius 3 is 2.72 bits per heavy atom. The second-order valence-electron chi connectivity index (χ2n) is 6.27. The largest absolute Gasteiger partial charge is 0.507 e. The number of amides is 2. The molecule has 1 aliphatic heterocycles. The lowest BCUT2D eigenvalue weighted by molar-refractivity contribution is -0.120. The molecule has 25 heavy (non-hydrogen) atoms. The Balaban J connectivity index is 2.20. The number of alkyl halides is 1. The van der Waals surface area contributed by atoms with Crippen molar-refractivity contribution in [3.05, 3.63) is 35.4 Å². The second kappa shape index (κ2) is 6.92. The first-order valence-electron chi connectivity index (χ1n) is 8.35. The molecule has 1 aliphatic rings. The predicted octanol–water partition coefficient (Wildman–Crippen LogP) is 2.91. The fourth-order valence-corrected chi connectivity index (χ4v) is 3.71. The number of likely N-dealkylation sites (N-methyl/N-ethyl adjacent to an activating group) is 1. The maximum absolute atomic E-state index is 12.3. The number of phenols is 1. The van der Waals surface area contributed by atoms with Crippen molar-refractivity contribution in [1.82, 2.24) is 5.32 Å². The number of carbonyl (C=O) groups excluding carboxylic acids is 2. The Kier molecular flexibility index (Phi) is 4.86. The highest BCUT2D eigenvalue weighted by Gasteiger charge is 2.33. The van der Waals surface area contributed by atoms with E-state index in [1.807, 2.05) is 25.1 Å². The van der Waals surface area contributed by atoms with Crippen LogP contribution in [0.1, 0.15) is 30.4 Å². The first kappa shape index (κ1) is 17.5. The zero-order valence-corrected chi connectivity index (χ0v) is 15.1. The number of nitrogens with zero attached hydrogens (tertiary/aromatic N) is 1. The molecule has 1 atom stereocenters. The molecule has 3 rings (SSSR count). The summed E-state index contributed by atoms with van der Waals surface area (Å²) in [5, 5.41) is 14.6. The number of fused-ring (bicyclic) bond motifs is 3. The summed E-state index contributed by atoms with van der Waals surface area (Å²) >= 11 is 6.17. The fourth-order valence-electron chi connectivity index (χ4n) is 3.46. The molecule has 2 aromatic carbocycles. The number of anilines is 1. The van der Waals surface area contributed by atoms with Gasteiger partial charge in [-0.2, -0.15) is 0 Å². The number of nitrogens with one attached hydrogen (secondary N) is 1. The first-order valence-corrected chi connectivity index (χ1v) is 8.89. The summed E-state index contributed by atoms with van der Waals surface area (Å²) < 4.78 is 0. The molecule has 6 heteroatoms. The third-order valence-electron chi connectivity index (χ3n) is 4.73. The van der Waals surface area contributed by atoms with Gasteiger partial charge in [-0.1, -0.05) is 25.1 Å². The van der Waals surface area contributed by atoms with Gasteiger partial charge in [-0.05, 0) is 16.5 Å². The Hall–Kier alpha value is -2.27. The van der Waals surface area contributed by atoms with E-state index in [4.69, 9.17) is 11.6 Å². The maximum atomic E-state index is 12.3. The summed E-state index contributed by atoms with van der Waals surface area (Å²) in [5.41, 5.74) is 2.55. The highest BCUT2D eigenvalue weighted by molar-refractivity contribution is 6.19. The van der Waals surface area contributed by atoms with E-state index in [0.29, 0.717) is 24.2 Å². The smallest absolute Gasteiger partial charge is 0.226 e. The summed E-state index contributed by atoms with van der Waals surface area (Å²) in [6.07, 6.45) is 0.657. The van der Waals surface area contributed by atoms with E-state index in [1.165, 1.54) is 0 Å². The summed E-state index contributed by atoms with van der Waals surface area (Å²) in [7, 11) is 1.60. The van der Waals surface area contributed by atoms with Crippen molar-refractivity contribution in [3.63, 3.8) is 0 Å². The van der Waals surface area contributed by atoms with Crippen molar-refractivity contribution < 1.29 is 14.7 Å². The average molecular weight is 361 g/mol. The molecule has 0 aromatic heterocycles. The van der Waals surface area contributed by atoms with Crippen LogP contribution >= 0.6 is 11.6 Å². The number of hydrogen-bond donors (Lipinski definition) is 2. The summed E-state index contributed by atoms with van der Waals surface area (Å²) in [6, 6.07) is 7.22. The molecule has 1 unspecified atom stereocenters. The Labute approximate surface area is 151 Å². The zero-order valence-electron chi connectivity index (χ0n) is 14.3. The quantitative estimate of drug-likeness (QED) is 0.824. The predicted molar refractivity (Wildman–Crippen MR) is 99.5 cm³/mol. The van der Waals surface area contributed by atoms with Crippen LogP contribution < -0.4 is 10.2 Å². The molecule has 0 radical (unpaired) electrons. The molecule has 2 aromatic rings. The van der Waals surface area contributed by atoms with Gasteiger partial charge in [0.25, 0.3) is 0 Å². The van der Waals surface area contributed by atoms with Crippen molar-refractivity contribution in [3.8, 4) is 5.75 Å². The summed E-state index contributed by atoms with van der Waals surface area (Å²) in [5.74, 6) is 0.455. The Bertz CT molecular complexity index is 850. The van der Waals surface area contributed by atoms with Crippen LogP contribution in [-0.2, 0) is 16.0 Å². The molecule has 2 N–H and O–H groups in total. The molecule has 0 saturated carbocycles. The molecule has 0 aliphatic carbocycles. The van der Waals surface area contributed by atoms with Gasteiger partial charge >= 0.3 is 0 Å². The van der Waals surface area contributed by atoms with Crippen LogP contribution in [0.2, 0.25) is 0 Å². The number of hydrogen-bond acceptors (Lipinski definition) is 3.